The summed E-state index contributed by atoms with van der Waals surface area (Å²) in [5.41, 5.74) is 3.15. The van der Waals surface area contributed by atoms with E-state index < -0.39 is 5.97 Å². The maximum atomic E-state index is 13.1. The second-order valence-electron chi connectivity index (χ2n) is 8.21. The fourth-order valence-corrected chi connectivity index (χ4v) is 4.20. The summed E-state index contributed by atoms with van der Waals surface area (Å²) in [6.07, 6.45) is 4.92. The number of likely N-dealkylation sites (tertiary alicyclic amines) is 1. The van der Waals surface area contributed by atoms with Crippen molar-refractivity contribution in [2.45, 2.75) is 24.9 Å². The number of hydrogen-bond acceptors (Lipinski definition) is 3. The first kappa shape index (κ1) is 22.0. The summed E-state index contributed by atoms with van der Waals surface area (Å²) >= 11 is 0. The van der Waals surface area contributed by atoms with Gasteiger partial charge < -0.3 is 4.74 Å². The Morgan fingerprint density at radius 1 is 0.938 bits per heavy atom. The van der Waals surface area contributed by atoms with Crippen LogP contribution in [0, 0.1) is 5.82 Å². The molecule has 1 heterocycles. The lowest BCUT2D eigenvalue weighted by molar-refractivity contribution is -0.144. The van der Waals surface area contributed by atoms with Crippen LogP contribution in [-0.2, 0) is 9.53 Å². The van der Waals surface area contributed by atoms with Gasteiger partial charge in [-0.15, -0.1) is 0 Å². The third kappa shape index (κ3) is 6.14. The highest BCUT2D eigenvalue weighted by Crippen LogP contribution is 2.29. The van der Waals surface area contributed by atoms with Crippen molar-refractivity contribution in [3.63, 3.8) is 0 Å². The minimum absolute atomic E-state index is 0.301. The van der Waals surface area contributed by atoms with Gasteiger partial charge >= 0.3 is 5.97 Å². The monoisotopic (exact) mass is 429 g/mol. The predicted octanol–water partition coefficient (Wildman–Crippen LogP) is 6.00. The van der Waals surface area contributed by atoms with Crippen molar-refractivity contribution < 1.29 is 13.9 Å². The Balaban J connectivity index is 1.38. The SMILES string of the molecule is O=C(/C=C/c1ccc(F)cc1)OC(CN1CCC(c2ccccc2)CC1)c1ccccc1. The van der Waals surface area contributed by atoms with Crippen LogP contribution < -0.4 is 0 Å². The summed E-state index contributed by atoms with van der Waals surface area (Å²) in [5, 5.41) is 0. The minimum Gasteiger partial charge on any atom is -0.453 e. The molecule has 3 aromatic rings. The van der Waals surface area contributed by atoms with Crippen LogP contribution >= 0.6 is 0 Å². The molecule has 4 rings (SSSR count). The molecule has 0 saturated carbocycles. The molecule has 1 atom stereocenters. The number of carbonyl (C=O) groups excluding carboxylic acids is 1. The largest absolute Gasteiger partial charge is 0.453 e. The zero-order valence-electron chi connectivity index (χ0n) is 18.1. The Hall–Kier alpha value is -3.24. The summed E-state index contributed by atoms with van der Waals surface area (Å²) in [5.74, 6) is -0.115. The van der Waals surface area contributed by atoms with Crippen LogP contribution in [0.25, 0.3) is 6.08 Å². The Morgan fingerprint density at radius 2 is 1.56 bits per heavy atom. The molecule has 32 heavy (non-hydrogen) atoms. The number of carbonyl (C=O) groups is 1. The zero-order chi connectivity index (χ0) is 22.2. The summed E-state index contributed by atoms with van der Waals surface area (Å²) in [6.45, 7) is 2.62. The van der Waals surface area contributed by atoms with Gasteiger partial charge in [-0.1, -0.05) is 72.8 Å². The molecule has 0 N–H and O–H groups in total. The van der Waals surface area contributed by atoms with Gasteiger partial charge in [0.25, 0.3) is 0 Å². The fraction of sp³-hybridized carbons (Fsp3) is 0.250. The Bertz CT molecular complexity index is 1010. The highest BCUT2D eigenvalue weighted by atomic mass is 19.1. The first-order valence-corrected chi connectivity index (χ1v) is 11.1. The van der Waals surface area contributed by atoms with Crippen molar-refractivity contribution in [1.82, 2.24) is 4.90 Å². The molecule has 0 amide bonds. The molecule has 3 aromatic carbocycles. The van der Waals surface area contributed by atoms with E-state index >= 15 is 0 Å². The van der Waals surface area contributed by atoms with Gasteiger partial charge in [-0.3, -0.25) is 4.90 Å². The van der Waals surface area contributed by atoms with E-state index in [2.05, 4.69) is 35.2 Å². The number of hydrogen-bond donors (Lipinski definition) is 0. The highest BCUT2D eigenvalue weighted by molar-refractivity contribution is 5.87. The molecular weight excluding hydrogens is 401 g/mol. The summed E-state index contributed by atoms with van der Waals surface area (Å²) < 4.78 is 18.9. The van der Waals surface area contributed by atoms with Crippen molar-refractivity contribution in [1.29, 1.82) is 0 Å². The first-order chi connectivity index (χ1) is 15.7. The van der Waals surface area contributed by atoms with Crippen molar-refractivity contribution in [3.05, 3.63) is 114 Å². The van der Waals surface area contributed by atoms with E-state index in [1.807, 2.05) is 30.3 Å². The average Bonchev–Trinajstić information content (AvgIpc) is 2.85. The second kappa shape index (κ2) is 10.9. The third-order valence-corrected chi connectivity index (χ3v) is 5.99. The van der Waals surface area contributed by atoms with Crippen molar-refractivity contribution in [2.75, 3.05) is 19.6 Å². The summed E-state index contributed by atoms with van der Waals surface area (Å²) in [4.78, 5) is 14.9. The number of piperidine rings is 1. The van der Waals surface area contributed by atoms with Crippen LogP contribution in [0.5, 0.6) is 0 Å². The van der Waals surface area contributed by atoms with Gasteiger partial charge in [-0.05, 0) is 66.7 Å². The lowest BCUT2D eigenvalue weighted by Crippen LogP contribution is -2.37. The smallest absolute Gasteiger partial charge is 0.331 e. The van der Waals surface area contributed by atoms with Crippen LogP contribution in [0.2, 0.25) is 0 Å². The van der Waals surface area contributed by atoms with E-state index in [1.165, 1.54) is 23.8 Å². The van der Waals surface area contributed by atoms with Gasteiger partial charge in [0, 0.05) is 12.6 Å². The molecule has 0 aromatic heterocycles. The number of benzene rings is 3. The number of ether oxygens (including phenoxy) is 1. The Morgan fingerprint density at radius 3 is 2.22 bits per heavy atom. The molecule has 0 bridgehead atoms. The van der Waals surface area contributed by atoms with E-state index in [9.17, 15) is 9.18 Å². The topological polar surface area (TPSA) is 29.5 Å². The summed E-state index contributed by atoms with van der Waals surface area (Å²) in [7, 11) is 0. The molecule has 1 aliphatic rings. The zero-order valence-corrected chi connectivity index (χ0v) is 18.1. The Labute approximate surface area is 189 Å². The highest BCUT2D eigenvalue weighted by Gasteiger charge is 2.25. The van der Waals surface area contributed by atoms with E-state index in [1.54, 1.807) is 18.2 Å². The molecule has 1 fully saturated rings. The number of rotatable bonds is 7. The number of nitrogens with zero attached hydrogens (tertiary/aromatic N) is 1. The molecule has 1 aliphatic heterocycles. The van der Waals surface area contributed by atoms with Crippen molar-refractivity contribution in [2.24, 2.45) is 0 Å². The molecule has 1 unspecified atom stereocenters. The predicted molar refractivity (Wildman–Crippen MR) is 126 cm³/mol. The Kier molecular flexibility index (Phi) is 7.47. The van der Waals surface area contributed by atoms with Crippen molar-refractivity contribution >= 4 is 12.0 Å². The molecule has 0 aliphatic carbocycles. The molecule has 0 radical (unpaired) electrons. The van der Waals surface area contributed by atoms with Crippen LogP contribution in [0.3, 0.4) is 0 Å². The molecule has 0 spiro atoms. The van der Waals surface area contributed by atoms with E-state index in [0.717, 1.165) is 37.1 Å². The van der Waals surface area contributed by atoms with Gasteiger partial charge in [0.1, 0.15) is 11.9 Å². The van der Waals surface area contributed by atoms with Gasteiger partial charge in [0.15, 0.2) is 0 Å². The quantitative estimate of drug-likeness (QED) is 0.341. The van der Waals surface area contributed by atoms with Crippen molar-refractivity contribution in [3.8, 4) is 0 Å². The van der Waals surface area contributed by atoms with Gasteiger partial charge in [0.2, 0.25) is 0 Å². The van der Waals surface area contributed by atoms with E-state index in [0.29, 0.717) is 12.5 Å². The lowest BCUT2D eigenvalue weighted by atomic mass is 9.89. The van der Waals surface area contributed by atoms with Crippen LogP contribution in [0.4, 0.5) is 4.39 Å². The normalized spacial score (nSPS) is 16.2. The van der Waals surface area contributed by atoms with E-state index in [-0.39, 0.29) is 11.9 Å². The maximum Gasteiger partial charge on any atom is 0.331 e. The number of halogens is 1. The van der Waals surface area contributed by atoms with Crippen LogP contribution in [-0.4, -0.2) is 30.5 Å². The summed E-state index contributed by atoms with van der Waals surface area (Å²) in [6, 6.07) is 26.6. The van der Waals surface area contributed by atoms with Crippen LogP contribution in [0.15, 0.2) is 91.0 Å². The molecular formula is C28H28FNO2. The van der Waals surface area contributed by atoms with Crippen LogP contribution in [0.1, 0.15) is 41.6 Å². The lowest BCUT2D eigenvalue weighted by Gasteiger charge is -2.34. The number of esters is 1. The molecule has 164 valence electrons. The average molecular weight is 430 g/mol. The second-order valence-corrected chi connectivity index (χ2v) is 8.21. The first-order valence-electron chi connectivity index (χ1n) is 11.1. The van der Waals surface area contributed by atoms with E-state index in [4.69, 9.17) is 4.74 Å². The maximum absolute atomic E-state index is 13.1. The van der Waals surface area contributed by atoms with Gasteiger partial charge in [-0.25, -0.2) is 9.18 Å². The standard InChI is InChI=1S/C28H28FNO2/c29-26-14-11-22(12-15-26)13-16-28(31)32-27(25-9-5-2-6-10-25)21-30-19-17-24(18-20-30)23-7-3-1-4-8-23/h1-16,24,27H,17-21H2/b16-13+. The third-order valence-electron chi connectivity index (χ3n) is 5.99. The molecule has 1 saturated heterocycles. The van der Waals surface area contributed by atoms with Gasteiger partial charge in [0.05, 0.1) is 0 Å². The fourth-order valence-electron chi connectivity index (χ4n) is 4.20. The molecule has 3 nitrogen and oxygen atoms in total. The molecule has 4 heteroatoms. The van der Waals surface area contributed by atoms with Gasteiger partial charge in [-0.2, -0.15) is 0 Å². The minimum atomic E-state index is -0.401.